The predicted molar refractivity (Wildman–Crippen MR) is 67.9 cm³/mol. The van der Waals surface area contributed by atoms with Gasteiger partial charge in [0.25, 0.3) is 5.91 Å². The minimum Gasteiger partial charge on any atom is -0.440 e. The summed E-state index contributed by atoms with van der Waals surface area (Å²) in [6.07, 6.45) is 0. The van der Waals surface area contributed by atoms with Crippen LogP contribution in [0.15, 0.2) is 16.5 Å². The SMILES string of the molecule is CC(CN1CCOCC1)NC(=O)c1ccc(Cl)o1. The van der Waals surface area contributed by atoms with Crippen LogP contribution in [0.5, 0.6) is 0 Å². The Morgan fingerprint density at radius 3 is 2.83 bits per heavy atom. The van der Waals surface area contributed by atoms with Gasteiger partial charge in [-0.05, 0) is 30.7 Å². The molecule has 1 aromatic rings. The number of carbonyl (C=O) groups excluding carboxylic acids is 1. The van der Waals surface area contributed by atoms with E-state index < -0.39 is 0 Å². The van der Waals surface area contributed by atoms with Gasteiger partial charge in [0.15, 0.2) is 11.0 Å². The van der Waals surface area contributed by atoms with E-state index in [2.05, 4.69) is 10.2 Å². The number of morpholine rings is 1. The maximum absolute atomic E-state index is 11.8. The summed E-state index contributed by atoms with van der Waals surface area (Å²) in [4.78, 5) is 14.1. The van der Waals surface area contributed by atoms with Gasteiger partial charge < -0.3 is 14.5 Å². The molecule has 0 spiro atoms. The number of nitrogens with zero attached hydrogens (tertiary/aromatic N) is 1. The van der Waals surface area contributed by atoms with Crippen molar-refractivity contribution in [1.29, 1.82) is 0 Å². The molecule has 2 heterocycles. The van der Waals surface area contributed by atoms with Crippen LogP contribution in [0.1, 0.15) is 17.5 Å². The highest BCUT2D eigenvalue weighted by molar-refractivity contribution is 6.29. The summed E-state index contributed by atoms with van der Waals surface area (Å²) >= 11 is 5.63. The lowest BCUT2D eigenvalue weighted by atomic mass is 10.2. The van der Waals surface area contributed by atoms with E-state index in [0.29, 0.717) is 0 Å². The number of hydrogen-bond donors (Lipinski definition) is 1. The molecule has 0 saturated carbocycles. The van der Waals surface area contributed by atoms with Gasteiger partial charge in [0.05, 0.1) is 13.2 Å². The van der Waals surface area contributed by atoms with E-state index in [4.69, 9.17) is 20.8 Å². The van der Waals surface area contributed by atoms with Gasteiger partial charge in [-0.1, -0.05) is 0 Å². The third kappa shape index (κ3) is 3.73. The molecule has 0 bridgehead atoms. The lowest BCUT2D eigenvalue weighted by Crippen LogP contribution is -2.45. The highest BCUT2D eigenvalue weighted by Crippen LogP contribution is 2.13. The molecule has 1 atom stereocenters. The monoisotopic (exact) mass is 272 g/mol. The second-order valence-corrected chi connectivity index (χ2v) is 4.76. The summed E-state index contributed by atoms with van der Waals surface area (Å²) in [5.74, 6) is 0.0106. The highest BCUT2D eigenvalue weighted by atomic mass is 35.5. The molecule has 18 heavy (non-hydrogen) atoms. The predicted octanol–water partition coefficient (Wildman–Crippen LogP) is 1.38. The molecule has 1 aliphatic rings. The van der Waals surface area contributed by atoms with Gasteiger partial charge >= 0.3 is 0 Å². The van der Waals surface area contributed by atoms with Crippen LogP contribution in [0.3, 0.4) is 0 Å². The number of carbonyl (C=O) groups is 1. The van der Waals surface area contributed by atoms with Crippen molar-refractivity contribution >= 4 is 17.5 Å². The van der Waals surface area contributed by atoms with Crippen molar-refractivity contribution in [3.05, 3.63) is 23.1 Å². The van der Waals surface area contributed by atoms with Crippen LogP contribution in [0.25, 0.3) is 0 Å². The Bertz CT molecular complexity index is 402. The average molecular weight is 273 g/mol. The lowest BCUT2D eigenvalue weighted by Gasteiger charge is -2.29. The average Bonchev–Trinajstić information content (AvgIpc) is 2.77. The van der Waals surface area contributed by atoms with Gasteiger partial charge in [0, 0.05) is 25.7 Å². The zero-order valence-electron chi connectivity index (χ0n) is 10.3. The van der Waals surface area contributed by atoms with E-state index in [1.807, 2.05) is 6.92 Å². The first kappa shape index (κ1) is 13.4. The van der Waals surface area contributed by atoms with Gasteiger partial charge in [-0.15, -0.1) is 0 Å². The van der Waals surface area contributed by atoms with Gasteiger partial charge in [0.2, 0.25) is 0 Å². The number of ether oxygens (including phenoxy) is 1. The summed E-state index contributed by atoms with van der Waals surface area (Å²) in [7, 11) is 0. The van der Waals surface area contributed by atoms with E-state index in [1.165, 1.54) is 0 Å². The fourth-order valence-corrected chi connectivity index (χ4v) is 2.09. The second-order valence-electron chi connectivity index (χ2n) is 4.39. The first-order valence-electron chi connectivity index (χ1n) is 6.01. The van der Waals surface area contributed by atoms with Crippen molar-refractivity contribution in [3.63, 3.8) is 0 Å². The molecule has 1 unspecified atom stereocenters. The number of nitrogens with one attached hydrogen (secondary N) is 1. The second kappa shape index (κ2) is 6.22. The maximum atomic E-state index is 11.8. The van der Waals surface area contributed by atoms with E-state index in [9.17, 15) is 4.79 Å². The summed E-state index contributed by atoms with van der Waals surface area (Å²) in [5, 5.41) is 3.11. The van der Waals surface area contributed by atoms with Crippen molar-refractivity contribution in [1.82, 2.24) is 10.2 Å². The Labute approximate surface area is 111 Å². The van der Waals surface area contributed by atoms with E-state index in [1.54, 1.807) is 12.1 Å². The Kier molecular flexibility index (Phi) is 4.63. The van der Waals surface area contributed by atoms with Crippen LogP contribution < -0.4 is 5.32 Å². The molecule has 1 amide bonds. The van der Waals surface area contributed by atoms with Crippen LogP contribution in [0.2, 0.25) is 5.22 Å². The Morgan fingerprint density at radius 2 is 2.22 bits per heavy atom. The standard InChI is InChI=1S/C12H17ClN2O3/c1-9(8-15-4-6-17-7-5-15)14-12(16)10-2-3-11(13)18-10/h2-3,9H,4-8H2,1H3,(H,14,16). The fourth-order valence-electron chi connectivity index (χ4n) is 1.95. The van der Waals surface area contributed by atoms with Crippen molar-refractivity contribution in [2.24, 2.45) is 0 Å². The number of amides is 1. The van der Waals surface area contributed by atoms with E-state index >= 15 is 0 Å². The molecule has 0 radical (unpaired) electrons. The van der Waals surface area contributed by atoms with Crippen LogP contribution in [-0.4, -0.2) is 49.7 Å². The fraction of sp³-hybridized carbons (Fsp3) is 0.583. The summed E-state index contributed by atoms with van der Waals surface area (Å²) in [6.45, 7) is 6.12. The highest BCUT2D eigenvalue weighted by Gasteiger charge is 2.17. The Hall–Kier alpha value is -1.04. The molecule has 1 aliphatic heterocycles. The van der Waals surface area contributed by atoms with Crippen LogP contribution in [-0.2, 0) is 4.74 Å². The van der Waals surface area contributed by atoms with Crippen LogP contribution in [0.4, 0.5) is 0 Å². The molecule has 0 aromatic carbocycles. The molecular formula is C12H17ClN2O3. The number of rotatable bonds is 4. The first-order valence-corrected chi connectivity index (χ1v) is 6.39. The molecule has 1 N–H and O–H groups in total. The molecule has 6 heteroatoms. The molecule has 1 saturated heterocycles. The van der Waals surface area contributed by atoms with Gasteiger partial charge in [-0.25, -0.2) is 0 Å². The number of hydrogen-bond acceptors (Lipinski definition) is 4. The van der Waals surface area contributed by atoms with E-state index in [0.717, 1.165) is 32.8 Å². The van der Waals surface area contributed by atoms with Gasteiger partial charge in [-0.2, -0.15) is 0 Å². The lowest BCUT2D eigenvalue weighted by molar-refractivity contribution is 0.0341. The number of furan rings is 1. The maximum Gasteiger partial charge on any atom is 0.287 e. The molecule has 5 nitrogen and oxygen atoms in total. The third-order valence-corrected chi connectivity index (χ3v) is 3.01. The summed E-state index contributed by atoms with van der Waals surface area (Å²) in [5.41, 5.74) is 0. The van der Waals surface area contributed by atoms with Crippen LogP contribution >= 0.6 is 11.6 Å². The Balaban J connectivity index is 1.79. The van der Waals surface area contributed by atoms with Crippen molar-refractivity contribution < 1.29 is 13.9 Å². The molecular weight excluding hydrogens is 256 g/mol. The normalized spacial score (nSPS) is 18.6. The Morgan fingerprint density at radius 1 is 1.50 bits per heavy atom. The smallest absolute Gasteiger partial charge is 0.287 e. The largest absolute Gasteiger partial charge is 0.440 e. The number of halogens is 1. The zero-order valence-corrected chi connectivity index (χ0v) is 11.1. The topological polar surface area (TPSA) is 54.7 Å². The van der Waals surface area contributed by atoms with E-state index in [-0.39, 0.29) is 22.9 Å². The molecule has 100 valence electrons. The zero-order chi connectivity index (χ0) is 13.0. The minimum absolute atomic E-state index is 0.0551. The third-order valence-electron chi connectivity index (χ3n) is 2.81. The summed E-state index contributed by atoms with van der Waals surface area (Å²) in [6, 6.07) is 3.18. The van der Waals surface area contributed by atoms with Gasteiger partial charge in [-0.3, -0.25) is 9.69 Å². The minimum atomic E-state index is -0.234. The quantitative estimate of drug-likeness (QED) is 0.900. The van der Waals surface area contributed by atoms with Crippen molar-refractivity contribution in [3.8, 4) is 0 Å². The molecule has 1 aromatic heterocycles. The van der Waals surface area contributed by atoms with Crippen molar-refractivity contribution in [2.75, 3.05) is 32.8 Å². The molecule has 1 fully saturated rings. The molecule has 0 aliphatic carbocycles. The van der Waals surface area contributed by atoms with Gasteiger partial charge in [0.1, 0.15) is 0 Å². The summed E-state index contributed by atoms with van der Waals surface area (Å²) < 4.78 is 10.3. The van der Waals surface area contributed by atoms with Crippen LogP contribution in [0, 0.1) is 0 Å². The first-order chi connectivity index (χ1) is 8.65. The van der Waals surface area contributed by atoms with Crippen molar-refractivity contribution in [2.45, 2.75) is 13.0 Å². The molecule has 2 rings (SSSR count).